The van der Waals surface area contributed by atoms with Gasteiger partial charge in [-0.05, 0) is 54.1 Å². The van der Waals surface area contributed by atoms with Crippen LogP contribution < -0.4 is 10.5 Å². The lowest BCUT2D eigenvalue weighted by Crippen LogP contribution is -2.22. The molecule has 4 nitrogen and oxygen atoms in total. The summed E-state index contributed by atoms with van der Waals surface area (Å²) in [4.78, 5) is 20.1. The highest BCUT2D eigenvalue weighted by molar-refractivity contribution is 9.10. The Balaban J connectivity index is 1.86. The molecule has 5 heteroatoms. The molecule has 0 amide bonds. The van der Waals surface area contributed by atoms with Crippen LogP contribution in [0.3, 0.4) is 0 Å². The van der Waals surface area contributed by atoms with E-state index in [9.17, 15) is 4.79 Å². The van der Waals surface area contributed by atoms with Crippen LogP contribution in [0.15, 0.2) is 82.1 Å². The maximum Gasteiger partial charge on any atom is 0.266 e. The molecule has 0 N–H and O–H groups in total. The lowest BCUT2D eigenvalue weighted by atomic mass is 10.1. The van der Waals surface area contributed by atoms with E-state index in [1.807, 2.05) is 74.8 Å². The summed E-state index contributed by atoms with van der Waals surface area (Å²) in [5.41, 5.74) is 3.55. The molecule has 1 heterocycles. The zero-order valence-corrected chi connectivity index (χ0v) is 17.8. The van der Waals surface area contributed by atoms with Crippen molar-refractivity contribution in [1.82, 2.24) is 9.55 Å². The van der Waals surface area contributed by atoms with E-state index in [0.29, 0.717) is 16.7 Å². The van der Waals surface area contributed by atoms with Gasteiger partial charge in [0.25, 0.3) is 5.56 Å². The molecule has 0 saturated heterocycles. The third-order valence-electron chi connectivity index (χ3n) is 4.70. The highest BCUT2D eigenvalue weighted by Crippen LogP contribution is 2.19. The predicted molar refractivity (Wildman–Crippen MR) is 125 cm³/mol. The fourth-order valence-electron chi connectivity index (χ4n) is 3.17. The van der Waals surface area contributed by atoms with Gasteiger partial charge in [0.1, 0.15) is 5.82 Å². The highest BCUT2D eigenvalue weighted by Gasteiger charge is 2.11. The van der Waals surface area contributed by atoms with Crippen LogP contribution >= 0.6 is 15.9 Å². The second kappa shape index (κ2) is 8.05. The van der Waals surface area contributed by atoms with Gasteiger partial charge in [0, 0.05) is 24.3 Å². The second-order valence-corrected chi connectivity index (χ2v) is 7.84. The van der Waals surface area contributed by atoms with Gasteiger partial charge in [0.2, 0.25) is 0 Å². The lowest BCUT2D eigenvalue weighted by molar-refractivity contribution is 0.944. The minimum absolute atomic E-state index is 0.0925. The van der Waals surface area contributed by atoms with E-state index in [1.165, 1.54) is 0 Å². The first-order valence-electron chi connectivity index (χ1n) is 9.26. The van der Waals surface area contributed by atoms with Crippen LogP contribution in [0.2, 0.25) is 0 Å². The van der Waals surface area contributed by atoms with Crippen molar-refractivity contribution in [3.8, 4) is 5.69 Å². The van der Waals surface area contributed by atoms with E-state index >= 15 is 0 Å². The zero-order chi connectivity index (χ0) is 20.4. The first kappa shape index (κ1) is 19.2. The van der Waals surface area contributed by atoms with Crippen LogP contribution in [0.4, 0.5) is 5.69 Å². The predicted octanol–water partition coefficient (Wildman–Crippen LogP) is 5.38. The summed E-state index contributed by atoms with van der Waals surface area (Å²) in [5.74, 6) is 0.590. The van der Waals surface area contributed by atoms with Crippen LogP contribution in [-0.4, -0.2) is 23.6 Å². The third kappa shape index (κ3) is 4.00. The van der Waals surface area contributed by atoms with Crippen LogP contribution in [0.5, 0.6) is 0 Å². The van der Waals surface area contributed by atoms with Crippen LogP contribution in [-0.2, 0) is 0 Å². The fourth-order valence-corrected chi connectivity index (χ4v) is 3.53. The largest absolute Gasteiger partial charge is 0.378 e. The first-order chi connectivity index (χ1) is 14.0. The summed E-state index contributed by atoms with van der Waals surface area (Å²) in [6.45, 7) is 0. The summed E-state index contributed by atoms with van der Waals surface area (Å²) in [5, 5.41) is 0.579. The lowest BCUT2D eigenvalue weighted by Gasteiger charge is -2.12. The quantitative estimate of drug-likeness (QED) is 0.422. The Labute approximate surface area is 177 Å². The highest BCUT2D eigenvalue weighted by atomic mass is 79.9. The minimum Gasteiger partial charge on any atom is -0.378 e. The molecule has 0 bridgehead atoms. The zero-order valence-electron chi connectivity index (χ0n) is 16.2. The molecule has 1 aromatic heterocycles. The Hall–Kier alpha value is -3.18. The summed E-state index contributed by atoms with van der Waals surface area (Å²) in [6, 6.07) is 23.4. The minimum atomic E-state index is -0.0925. The van der Waals surface area contributed by atoms with Crippen LogP contribution in [0.1, 0.15) is 11.4 Å². The van der Waals surface area contributed by atoms with Crippen LogP contribution in [0.25, 0.3) is 28.7 Å². The summed E-state index contributed by atoms with van der Waals surface area (Å²) < 4.78 is 2.51. The average Bonchev–Trinajstić information content (AvgIpc) is 2.74. The molecule has 0 radical (unpaired) electrons. The number of aromatic nitrogens is 2. The van der Waals surface area contributed by atoms with E-state index < -0.39 is 0 Å². The number of hydrogen-bond acceptors (Lipinski definition) is 3. The maximum absolute atomic E-state index is 13.3. The Kier molecular flexibility index (Phi) is 5.32. The van der Waals surface area contributed by atoms with Crippen molar-refractivity contribution < 1.29 is 0 Å². The Bertz CT molecular complexity index is 1240. The van der Waals surface area contributed by atoms with Gasteiger partial charge in [-0.15, -0.1) is 0 Å². The molecule has 29 heavy (non-hydrogen) atoms. The van der Waals surface area contributed by atoms with Crippen molar-refractivity contribution in [3.63, 3.8) is 0 Å². The number of anilines is 1. The van der Waals surface area contributed by atoms with Gasteiger partial charge in [-0.2, -0.15) is 0 Å². The van der Waals surface area contributed by atoms with Gasteiger partial charge in [0.05, 0.1) is 16.6 Å². The molecule has 0 atom stereocenters. The van der Waals surface area contributed by atoms with E-state index in [4.69, 9.17) is 4.98 Å². The van der Waals surface area contributed by atoms with E-state index in [0.717, 1.165) is 21.4 Å². The number of benzene rings is 3. The van der Waals surface area contributed by atoms with Gasteiger partial charge >= 0.3 is 0 Å². The van der Waals surface area contributed by atoms with E-state index in [2.05, 4.69) is 45.1 Å². The maximum atomic E-state index is 13.3. The van der Waals surface area contributed by atoms with Crippen molar-refractivity contribution in [3.05, 3.63) is 99.0 Å². The molecule has 144 valence electrons. The molecule has 0 unspecified atom stereocenters. The molecule has 4 aromatic rings. The fraction of sp³-hybridized carbons (Fsp3) is 0.0833. The normalized spacial score (nSPS) is 11.3. The summed E-state index contributed by atoms with van der Waals surface area (Å²) in [7, 11) is 4.03. The summed E-state index contributed by atoms with van der Waals surface area (Å²) in [6.07, 6.45) is 3.87. The van der Waals surface area contributed by atoms with Crippen molar-refractivity contribution >= 4 is 44.7 Å². The number of rotatable bonds is 4. The molecular formula is C24H20BrN3O. The topological polar surface area (TPSA) is 38.1 Å². The molecule has 0 saturated carbocycles. The van der Waals surface area contributed by atoms with E-state index in [-0.39, 0.29) is 5.56 Å². The van der Waals surface area contributed by atoms with Gasteiger partial charge in [-0.25, -0.2) is 4.98 Å². The first-order valence-corrected chi connectivity index (χ1v) is 10.1. The number of fused-ring (bicyclic) bond motifs is 1. The standard InChI is InChI=1S/C24H20BrN3O/c1-27(2)19-12-8-17(9-13-19)10-15-23-26-22-14-11-18(25)16-21(22)24(29)28(23)20-6-4-3-5-7-20/h3-16H,1-2H3/b15-10+. The molecule has 0 aliphatic rings. The SMILES string of the molecule is CN(C)c1ccc(/C=C/c2nc3ccc(Br)cc3c(=O)n2-c2ccccc2)cc1. The number of para-hydroxylation sites is 1. The molecule has 0 aliphatic carbocycles. The van der Waals surface area contributed by atoms with Crippen molar-refractivity contribution in [2.24, 2.45) is 0 Å². The Morgan fingerprint density at radius 3 is 2.34 bits per heavy atom. The van der Waals surface area contributed by atoms with Crippen molar-refractivity contribution in [1.29, 1.82) is 0 Å². The molecule has 3 aromatic carbocycles. The van der Waals surface area contributed by atoms with Crippen molar-refractivity contribution in [2.75, 3.05) is 19.0 Å². The number of nitrogens with zero attached hydrogens (tertiary/aromatic N) is 3. The van der Waals surface area contributed by atoms with Crippen LogP contribution in [0, 0.1) is 0 Å². The molecule has 0 aliphatic heterocycles. The third-order valence-corrected chi connectivity index (χ3v) is 5.20. The Morgan fingerprint density at radius 2 is 1.66 bits per heavy atom. The monoisotopic (exact) mass is 445 g/mol. The molecular weight excluding hydrogens is 426 g/mol. The van der Waals surface area contributed by atoms with Crippen molar-refractivity contribution in [2.45, 2.75) is 0 Å². The van der Waals surface area contributed by atoms with E-state index in [1.54, 1.807) is 4.57 Å². The van der Waals surface area contributed by atoms with Gasteiger partial charge < -0.3 is 4.90 Å². The molecule has 0 spiro atoms. The second-order valence-electron chi connectivity index (χ2n) is 6.93. The Morgan fingerprint density at radius 1 is 0.931 bits per heavy atom. The molecule has 4 rings (SSSR count). The van der Waals surface area contributed by atoms with Gasteiger partial charge in [-0.1, -0.05) is 52.3 Å². The summed E-state index contributed by atoms with van der Waals surface area (Å²) >= 11 is 3.45. The van der Waals surface area contributed by atoms with Gasteiger partial charge in [0.15, 0.2) is 0 Å². The number of hydrogen-bond donors (Lipinski definition) is 0. The smallest absolute Gasteiger partial charge is 0.266 e. The van der Waals surface area contributed by atoms with Gasteiger partial charge in [-0.3, -0.25) is 9.36 Å². The molecule has 0 fully saturated rings. The average molecular weight is 446 g/mol. The number of halogens is 1.